The van der Waals surface area contributed by atoms with Crippen molar-refractivity contribution in [1.29, 1.82) is 0 Å². The molecule has 2 aromatic carbocycles. The summed E-state index contributed by atoms with van der Waals surface area (Å²) in [6.07, 6.45) is 4.77. The van der Waals surface area contributed by atoms with Crippen LogP contribution in [0.15, 0.2) is 74.7 Å². The number of halogens is 7. The van der Waals surface area contributed by atoms with Crippen molar-refractivity contribution in [2.24, 2.45) is 0 Å². The van der Waals surface area contributed by atoms with Crippen LogP contribution in [0.25, 0.3) is 41.6 Å². The maximum absolute atomic E-state index is 14.3. The van der Waals surface area contributed by atoms with E-state index in [4.69, 9.17) is 32.7 Å². The smallest absolute Gasteiger partial charge is 0.151 e. The Labute approximate surface area is 333 Å². The van der Waals surface area contributed by atoms with Crippen molar-refractivity contribution < 1.29 is 18.3 Å². The number of fused-ring (bicyclic) bond motifs is 2. The summed E-state index contributed by atoms with van der Waals surface area (Å²) in [7, 11) is 0. The number of aryl methyl sites for hydroxylation is 1. The van der Waals surface area contributed by atoms with Gasteiger partial charge in [0.05, 0.1) is 65.9 Å². The topological polar surface area (TPSA) is 108 Å². The zero-order chi connectivity index (χ0) is 36.1. The van der Waals surface area contributed by atoms with Crippen molar-refractivity contribution in [1.82, 2.24) is 29.9 Å². The molecule has 0 atom stereocenters. The molecule has 51 heavy (non-hydrogen) atoms. The fraction of sp³-hybridized carbons (Fsp3) is 0.152. The second-order valence-corrected chi connectivity index (χ2v) is 15.6. The summed E-state index contributed by atoms with van der Waals surface area (Å²) in [6.45, 7) is 4.99. The third-order valence-corrected chi connectivity index (χ3v) is 11.7. The fourth-order valence-electron chi connectivity index (χ4n) is 4.53. The number of aromatic nitrogens is 6. The molecule has 0 unspecified atom stereocenters. The lowest BCUT2D eigenvalue weighted by Crippen LogP contribution is -2.16. The van der Waals surface area contributed by atoms with Gasteiger partial charge in [-0.15, -0.1) is 22.7 Å². The normalized spacial score (nSPS) is 12.6. The van der Waals surface area contributed by atoms with Gasteiger partial charge in [-0.3, -0.25) is 0 Å². The van der Waals surface area contributed by atoms with Gasteiger partial charge in [0, 0.05) is 24.2 Å². The zero-order valence-electron chi connectivity index (χ0n) is 26.1. The summed E-state index contributed by atoms with van der Waals surface area (Å²) in [4.78, 5) is 25.8. The number of rotatable bonds is 4. The highest BCUT2D eigenvalue weighted by Crippen LogP contribution is 2.42. The molecule has 0 amide bonds. The first-order valence-electron chi connectivity index (χ1n) is 14.8. The maximum Gasteiger partial charge on any atom is 0.151 e. The number of pyridine rings is 2. The van der Waals surface area contributed by atoms with Crippen LogP contribution in [-0.2, 0) is 9.47 Å². The van der Waals surface area contributed by atoms with Gasteiger partial charge in [-0.1, -0.05) is 35.3 Å². The Morgan fingerprint density at radius 2 is 1.25 bits per heavy atom. The molecule has 18 heteroatoms. The van der Waals surface area contributed by atoms with Crippen LogP contribution in [0.3, 0.4) is 0 Å². The standard InChI is InChI=1S/C17H10BrClFN5S.C12H4Br2ClFN2S.C4H8O2/c1-8-5-12(23-7-22-8)24-16-15-14(9(18)6-21-16)25-17(26-15)13-10(19)3-2-4-11(13)20;13-5-4-17-11(14)10-9(5)18-12(19-10)8-6(15)2-1-3-7(8)16;1-2-6-4-3-5-1/h2-7H,1H3,(H,21,22,23,24);1-4H;1-4H2. The number of anilines is 2. The summed E-state index contributed by atoms with van der Waals surface area (Å²) >= 11 is 25.1. The van der Waals surface area contributed by atoms with E-state index in [-0.39, 0.29) is 11.4 Å². The molecule has 1 fully saturated rings. The molecule has 262 valence electrons. The second kappa shape index (κ2) is 17.4. The lowest BCUT2D eigenvalue weighted by molar-refractivity contribution is -0.0334. The quantitative estimate of drug-likeness (QED) is 0.173. The number of nitrogens with one attached hydrogen (secondary N) is 1. The molecule has 8 rings (SSSR count). The Bertz CT molecular complexity index is 2260. The van der Waals surface area contributed by atoms with E-state index in [1.807, 2.05) is 13.0 Å². The van der Waals surface area contributed by atoms with E-state index in [9.17, 15) is 8.78 Å². The Hall–Kier alpha value is -2.80. The van der Waals surface area contributed by atoms with Gasteiger partial charge in [0.2, 0.25) is 0 Å². The third kappa shape index (κ3) is 9.05. The maximum atomic E-state index is 14.3. The molecule has 6 heterocycles. The van der Waals surface area contributed by atoms with Crippen LogP contribution < -0.4 is 5.32 Å². The van der Waals surface area contributed by atoms with Crippen molar-refractivity contribution in [3.05, 3.63) is 102 Å². The summed E-state index contributed by atoms with van der Waals surface area (Å²) in [5.41, 5.74) is 2.85. The van der Waals surface area contributed by atoms with E-state index >= 15 is 0 Å². The van der Waals surface area contributed by atoms with E-state index in [1.54, 1.807) is 36.7 Å². The van der Waals surface area contributed by atoms with Gasteiger partial charge in [0.1, 0.15) is 49.4 Å². The lowest BCUT2D eigenvalue weighted by atomic mass is 10.2. The molecule has 1 aliphatic rings. The summed E-state index contributed by atoms with van der Waals surface area (Å²) in [5.74, 6) is 0.401. The number of thiazole rings is 2. The third-order valence-electron chi connectivity index (χ3n) is 6.85. The van der Waals surface area contributed by atoms with Gasteiger partial charge in [0.25, 0.3) is 0 Å². The van der Waals surface area contributed by atoms with Gasteiger partial charge >= 0.3 is 0 Å². The second-order valence-electron chi connectivity index (χ2n) is 10.3. The largest absolute Gasteiger partial charge is 0.377 e. The molecule has 0 radical (unpaired) electrons. The van der Waals surface area contributed by atoms with Crippen LogP contribution in [0.1, 0.15) is 5.69 Å². The van der Waals surface area contributed by atoms with Gasteiger partial charge < -0.3 is 14.8 Å². The lowest BCUT2D eigenvalue weighted by Gasteiger charge is -2.09. The number of benzene rings is 2. The van der Waals surface area contributed by atoms with E-state index in [1.165, 1.54) is 41.1 Å². The zero-order valence-corrected chi connectivity index (χ0v) is 34.0. The minimum absolute atomic E-state index is 0.283. The Morgan fingerprint density at radius 3 is 1.76 bits per heavy atom. The first-order valence-corrected chi connectivity index (χ1v) is 19.5. The number of nitrogens with zero attached hydrogens (tertiary/aromatic N) is 6. The molecule has 0 saturated carbocycles. The Morgan fingerprint density at radius 1 is 0.725 bits per heavy atom. The van der Waals surface area contributed by atoms with Crippen molar-refractivity contribution >= 4 is 126 Å². The Kier molecular flexibility index (Phi) is 12.9. The average molecular weight is 961 g/mol. The summed E-state index contributed by atoms with van der Waals surface area (Å²) < 4.78 is 41.9. The average Bonchev–Trinajstić information content (AvgIpc) is 3.77. The van der Waals surface area contributed by atoms with Crippen molar-refractivity contribution in [3.8, 4) is 21.1 Å². The van der Waals surface area contributed by atoms with E-state index in [0.717, 1.165) is 51.5 Å². The number of hydrogen-bond acceptors (Lipinski definition) is 11. The van der Waals surface area contributed by atoms with Crippen molar-refractivity contribution in [2.75, 3.05) is 31.7 Å². The van der Waals surface area contributed by atoms with Crippen LogP contribution in [0, 0.1) is 18.6 Å². The van der Waals surface area contributed by atoms with Crippen LogP contribution in [0.2, 0.25) is 10.0 Å². The highest BCUT2D eigenvalue weighted by molar-refractivity contribution is 9.11. The molecule has 1 N–H and O–H groups in total. The van der Waals surface area contributed by atoms with E-state index in [0.29, 0.717) is 51.9 Å². The molecule has 7 aromatic rings. The van der Waals surface area contributed by atoms with Crippen LogP contribution in [0.5, 0.6) is 0 Å². The van der Waals surface area contributed by atoms with Crippen LogP contribution in [0.4, 0.5) is 20.4 Å². The molecule has 1 saturated heterocycles. The fourth-order valence-corrected chi connectivity index (χ4v) is 8.84. The molecule has 1 aliphatic heterocycles. The highest BCUT2D eigenvalue weighted by Gasteiger charge is 2.19. The first-order chi connectivity index (χ1) is 24.6. The number of hydrogen-bond donors (Lipinski definition) is 1. The van der Waals surface area contributed by atoms with Gasteiger partial charge in [0.15, 0.2) is 5.82 Å². The summed E-state index contributed by atoms with van der Waals surface area (Å²) in [6, 6.07) is 11.0. The van der Waals surface area contributed by atoms with E-state index in [2.05, 4.69) is 83.0 Å². The predicted molar refractivity (Wildman–Crippen MR) is 210 cm³/mol. The number of ether oxygens (including phenoxy) is 2. The molecule has 9 nitrogen and oxygen atoms in total. The molecule has 0 spiro atoms. The molecule has 0 aliphatic carbocycles. The summed E-state index contributed by atoms with van der Waals surface area (Å²) in [5, 5.41) is 4.85. The van der Waals surface area contributed by atoms with Gasteiger partial charge in [-0.2, -0.15) is 0 Å². The highest BCUT2D eigenvalue weighted by atomic mass is 79.9. The SMILES string of the molecule is C1COCCO1.Cc1cc(Nc2ncc(Br)c3nc(-c4c(F)cccc4Cl)sc23)ncn1.Fc1cccc(Cl)c1-c1nc2c(Br)cnc(Br)c2s1. The first kappa shape index (κ1) is 37.9. The molecular formula is C33H22Br3Cl2F2N7O2S2. The van der Waals surface area contributed by atoms with E-state index < -0.39 is 5.82 Å². The van der Waals surface area contributed by atoms with Crippen LogP contribution in [-0.4, -0.2) is 56.3 Å². The van der Waals surface area contributed by atoms with Crippen molar-refractivity contribution in [3.63, 3.8) is 0 Å². The van der Waals surface area contributed by atoms with Crippen LogP contribution >= 0.6 is 93.7 Å². The van der Waals surface area contributed by atoms with Crippen molar-refractivity contribution in [2.45, 2.75) is 6.92 Å². The monoisotopic (exact) mass is 957 g/mol. The van der Waals surface area contributed by atoms with Gasteiger partial charge in [-0.25, -0.2) is 38.7 Å². The minimum Gasteiger partial charge on any atom is -0.377 e. The Balaban J connectivity index is 0.000000156. The predicted octanol–water partition coefficient (Wildman–Crippen LogP) is 11.5. The molecule has 5 aromatic heterocycles. The molecular weight excluding hydrogens is 939 g/mol. The molecule has 0 bridgehead atoms. The van der Waals surface area contributed by atoms with Gasteiger partial charge in [-0.05, 0) is 79.0 Å². The minimum atomic E-state index is -0.415.